The molecule has 0 radical (unpaired) electrons. The fourth-order valence-corrected chi connectivity index (χ4v) is 6.85. The summed E-state index contributed by atoms with van der Waals surface area (Å²) >= 11 is 3.58. The summed E-state index contributed by atoms with van der Waals surface area (Å²) in [6.07, 6.45) is 1.94. The van der Waals surface area contributed by atoms with Crippen LogP contribution >= 0.6 is 15.9 Å². The summed E-state index contributed by atoms with van der Waals surface area (Å²) < 4.78 is 9.74. The zero-order valence-corrected chi connectivity index (χ0v) is 25.8. The predicted octanol–water partition coefficient (Wildman–Crippen LogP) is 11.3. The molecule has 0 fully saturated rings. The number of halogens is 1. The molecule has 0 spiro atoms. The summed E-state index contributed by atoms with van der Waals surface area (Å²) in [5.41, 5.74) is 9.54. The van der Waals surface area contributed by atoms with E-state index in [1.54, 1.807) is 0 Å². The molecule has 0 atom stereocenters. The van der Waals surface area contributed by atoms with Crippen molar-refractivity contribution in [3.05, 3.63) is 131 Å². The van der Waals surface area contributed by atoms with Gasteiger partial charge in [0.15, 0.2) is 0 Å². The molecule has 1 aliphatic carbocycles. The van der Waals surface area contributed by atoms with E-state index in [4.69, 9.17) is 9.72 Å². The first-order chi connectivity index (χ1) is 20.9. The monoisotopic (exact) mass is 620 g/mol. The third kappa shape index (κ3) is 4.20. The second-order valence-corrected chi connectivity index (χ2v) is 13.1. The number of hydrogen-bond acceptors (Lipinski definition) is 2. The van der Waals surface area contributed by atoms with Crippen molar-refractivity contribution in [1.29, 1.82) is 0 Å². The zero-order chi connectivity index (χ0) is 29.3. The third-order valence-electron chi connectivity index (χ3n) is 8.46. The van der Waals surface area contributed by atoms with Crippen molar-refractivity contribution in [2.75, 3.05) is 0 Å². The van der Waals surface area contributed by atoms with Crippen LogP contribution in [0.4, 0.5) is 0 Å². The van der Waals surface area contributed by atoms with Crippen LogP contribution < -0.4 is 4.74 Å². The van der Waals surface area contributed by atoms with Crippen molar-refractivity contribution in [1.82, 2.24) is 9.55 Å². The van der Waals surface area contributed by atoms with E-state index in [1.165, 1.54) is 49.5 Å². The fraction of sp³-hybridized carbons (Fsp3) is 0.103. The topological polar surface area (TPSA) is 27.1 Å². The Bertz CT molecular complexity index is 2210. The molecule has 0 amide bonds. The fourth-order valence-electron chi connectivity index (χ4n) is 6.47. The van der Waals surface area contributed by atoms with Gasteiger partial charge in [-0.3, -0.25) is 4.57 Å². The zero-order valence-electron chi connectivity index (χ0n) is 24.2. The summed E-state index contributed by atoms with van der Waals surface area (Å²) in [6, 6.07) is 40.8. The van der Waals surface area contributed by atoms with Gasteiger partial charge in [-0.15, -0.1) is 0 Å². The SMILES string of the molecule is CC(C)(C)c1ccnc(-n2c3c(c4ccc(Oc5cccc(Br)c5)cc42)-c2cccc4cccc(c24)-c2ccccc2-3)c1. The van der Waals surface area contributed by atoms with Gasteiger partial charge in [0, 0.05) is 33.2 Å². The van der Waals surface area contributed by atoms with Crippen LogP contribution in [0.2, 0.25) is 0 Å². The smallest absolute Gasteiger partial charge is 0.137 e. The second kappa shape index (κ2) is 9.68. The van der Waals surface area contributed by atoms with Gasteiger partial charge in [-0.05, 0) is 80.9 Å². The number of aromatic nitrogens is 2. The normalized spacial score (nSPS) is 12.2. The standard InChI is InChI=1S/C39H29BrN2O/c1-39(2,3)25-19-20-41-35(21-25)42-34-23-28(43-27-12-8-11-26(40)22-27)17-18-32(34)37-33-16-7-10-24-9-6-15-30(36(24)33)29-13-4-5-14-31(29)38(37)42/h4-23H,1-3H3. The molecular formula is C39H29BrN2O. The van der Waals surface area contributed by atoms with Crippen LogP contribution in [0, 0.1) is 0 Å². The molecule has 5 aromatic carbocycles. The van der Waals surface area contributed by atoms with Gasteiger partial charge in [0.25, 0.3) is 0 Å². The van der Waals surface area contributed by atoms with Crippen LogP contribution in [0.5, 0.6) is 11.5 Å². The van der Waals surface area contributed by atoms with Crippen LogP contribution in [-0.4, -0.2) is 9.55 Å². The lowest BCUT2D eigenvalue weighted by Gasteiger charge is -2.21. The number of benzene rings is 5. The molecule has 0 bridgehead atoms. The van der Waals surface area contributed by atoms with Gasteiger partial charge < -0.3 is 4.74 Å². The minimum absolute atomic E-state index is 0.0215. The molecule has 0 unspecified atom stereocenters. The molecule has 0 saturated heterocycles. The Hall–Kier alpha value is -4.67. The summed E-state index contributed by atoms with van der Waals surface area (Å²) in [5, 5.41) is 3.68. The maximum atomic E-state index is 6.41. The summed E-state index contributed by atoms with van der Waals surface area (Å²) in [7, 11) is 0. The van der Waals surface area contributed by atoms with E-state index >= 15 is 0 Å². The molecule has 4 heteroatoms. The Kier molecular flexibility index (Phi) is 5.85. The van der Waals surface area contributed by atoms with Gasteiger partial charge in [-0.1, -0.05) is 103 Å². The van der Waals surface area contributed by atoms with Crippen molar-refractivity contribution in [2.24, 2.45) is 0 Å². The minimum atomic E-state index is -0.0215. The van der Waals surface area contributed by atoms with Crippen LogP contribution in [0.1, 0.15) is 26.3 Å². The number of hydrogen-bond donors (Lipinski definition) is 0. The van der Waals surface area contributed by atoms with Crippen molar-refractivity contribution in [3.63, 3.8) is 0 Å². The molecule has 43 heavy (non-hydrogen) atoms. The number of fused-ring (bicyclic) bond motifs is 7. The van der Waals surface area contributed by atoms with Crippen molar-refractivity contribution in [2.45, 2.75) is 26.2 Å². The summed E-state index contributed by atoms with van der Waals surface area (Å²) in [6.45, 7) is 6.74. The number of ether oxygens (including phenoxy) is 1. The maximum Gasteiger partial charge on any atom is 0.137 e. The Morgan fingerprint density at radius 1 is 0.674 bits per heavy atom. The van der Waals surface area contributed by atoms with E-state index in [2.05, 4.69) is 132 Å². The van der Waals surface area contributed by atoms with Crippen LogP contribution in [-0.2, 0) is 5.41 Å². The van der Waals surface area contributed by atoms with Crippen LogP contribution in [0.3, 0.4) is 0 Å². The Morgan fingerprint density at radius 2 is 1.40 bits per heavy atom. The van der Waals surface area contributed by atoms with Crippen molar-refractivity contribution < 1.29 is 4.74 Å². The highest BCUT2D eigenvalue weighted by atomic mass is 79.9. The predicted molar refractivity (Wildman–Crippen MR) is 181 cm³/mol. The quantitative estimate of drug-likeness (QED) is 0.196. The molecule has 2 aromatic heterocycles. The third-order valence-corrected chi connectivity index (χ3v) is 8.95. The van der Waals surface area contributed by atoms with Crippen molar-refractivity contribution in [3.8, 4) is 50.8 Å². The Morgan fingerprint density at radius 3 is 2.19 bits per heavy atom. The number of rotatable bonds is 3. The van der Waals surface area contributed by atoms with Gasteiger partial charge in [0.1, 0.15) is 17.3 Å². The molecule has 0 aliphatic heterocycles. The first kappa shape index (κ1) is 26.0. The van der Waals surface area contributed by atoms with Gasteiger partial charge in [0.2, 0.25) is 0 Å². The highest BCUT2D eigenvalue weighted by molar-refractivity contribution is 9.10. The number of nitrogens with zero attached hydrogens (tertiary/aromatic N) is 2. The van der Waals surface area contributed by atoms with Gasteiger partial charge in [-0.2, -0.15) is 0 Å². The molecule has 1 aliphatic rings. The average molecular weight is 622 g/mol. The van der Waals surface area contributed by atoms with Crippen LogP contribution in [0.25, 0.3) is 61.0 Å². The lowest BCUT2D eigenvalue weighted by molar-refractivity contribution is 0.483. The highest BCUT2D eigenvalue weighted by Crippen LogP contribution is 2.52. The summed E-state index contributed by atoms with van der Waals surface area (Å²) in [5.74, 6) is 2.45. The summed E-state index contributed by atoms with van der Waals surface area (Å²) in [4.78, 5) is 5.00. The van der Waals surface area contributed by atoms with E-state index in [9.17, 15) is 0 Å². The molecular weight excluding hydrogens is 592 g/mol. The van der Waals surface area contributed by atoms with Gasteiger partial charge in [-0.25, -0.2) is 4.98 Å². The molecule has 3 nitrogen and oxygen atoms in total. The lowest BCUT2D eigenvalue weighted by atomic mass is 9.88. The van der Waals surface area contributed by atoms with Crippen LogP contribution in [0.15, 0.2) is 126 Å². The first-order valence-corrected chi connectivity index (χ1v) is 15.4. The first-order valence-electron chi connectivity index (χ1n) is 14.6. The maximum absolute atomic E-state index is 6.41. The lowest BCUT2D eigenvalue weighted by Crippen LogP contribution is -2.12. The van der Waals surface area contributed by atoms with Gasteiger partial charge in [0.05, 0.1) is 11.2 Å². The van der Waals surface area contributed by atoms with E-state index < -0.39 is 0 Å². The number of pyridine rings is 1. The second-order valence-electron chi connectivity index (χ2n) is 12.2. The van der Waals surface area contributed by atoms with Gasteiger partial charge >= 0.3 is 0 Å². The highest BCUT2D eigenvalue weighted by Gasteiger charge is 2.29. The molecule has 8 rings (SSSR count). The largest absolute Gasteiger partial charge is 0.457 e. The molecule has 0 saturated carbocycles. The molecule has 208 valence electrons. The Labute approximate surface area is 259 Å². The average Bonchev–Trinajstić information content (AvgIpc) is 3.28. The Balaban J connectivity index is 1.51. The van der Waals surface area contributed by atoms with E-state index in [0.29, 0.717) is 0 Å². The van der Waals surface area contributed by atoms with Crippen molar-refractivity contribution >= 4 is 37.6 Å². The van der Waals surface area contributed by atoms with E-state index in [-0.39, 0.29) is 5.41 Å². The molecule has 0 N–H and O–H groups in total. The van der Waals surface area contributed by atoms with E-state index in [0.717, 1.165) is 33.0 Å². The minimum Gasteiger partial charge on any atom is -0.457 e. The van der Waals surface area contributed by atoms with E-state index in [1.807, 2.05) is 30.5 Å². The molecule has 2 heterocycles. The molecule has 7 aromatic rings.